The Morgan fingerprint density at radius 1 is 1.33 bits per heavy atom. The normalized spacial score (nSPS) is 9.94. The number of amides is 3. The summed E-state index contributed by atoms with van der Waals surface area (Å²) >= 11 is 8.75. The number of imide groups is 1. The SMILES string of the molecule is CN(Cc1ccc(Br)cc1)C(=O)NC(=O)CCCl. The smallest absolute Gasteiger partial charge is 0.323 e. The molecule has 0 aliphatic heterocycles. The minimum atomic E-state index is -0.423. The number of urea groups is 1. The van der Waals surface area contributed by atoms with Gasteiger partial charge in [-0.2, -0.15) is 0 Å². The van der Waals surface area contributed by atoms with Gasteiger partial charge >= 0.3 is 6.03 Å². The summed E-state index contributed by atoms with van der Waals surface area (Å²) in [5.41, 5.74) is 0.987. The van der Waals surface area contributed by atoms with Crippen molar-refractivity contribution in [1.29, 1.82) is 0 Å². The standard InChI is InChI=1S/C12H14BrClN2O2/c1-16(12(18)15-11(17)6-7-14)8-9-2-4-10(13)5-3-9/h2-5H,6-8H2,1H3,(H,15,17,18). The van der Waals surface area contributed by atoms with Crippen molar-refractivity contribution < 1.29 is 9.59 Å². The first-order valence-corrected chi connectivity index (χ1v) is 6.71. The maximum absolute atomic E-state index is 11.6. The lowest BCUT2D eigenvalue weighted by atomic mass is 10.2. The average molecular weight is 334 g/mol. The van der Waals surface area contributed by atoms with Crippen molar-refractivity contribution in [3.8, 4) is 0 Å². The summed E-state index contributed by atoms with van der Waals surface area (Å²) in [6.07, 6.45) is 0.138. The number of nitrogens with zero attached hydrogens (tertiary/aromatic N) is 1. The van der Waals surface area contributed by atoms with Crippen molar-refractivity contribution in [2.45, 2.75) is 13.0 Å². The molecule has 0 saturated heterocycles. The molecule has 0 heterocycles. The third-order valence-electron chi connectivity index (χ3n) is 2.25. The first-order valence-electron chi connectivity index (χ1n) is 5.38. The number of rotatable bonds is 4. The molecule has 0 spiro atoms. The summed E-state index contributed by atoms with van der Waals surface area (Å²) in [7, 11) is 1.63. The van der Waals surface area contributed by atoms with E-state index in [1.54, 1.807) is 7.05 Å². The molecule has 0 aliphatic carbocycles. The largest absolute Gasteiger partial charge is 0.324 e. The second kappa shape index (κ2) is 7.38. The van der Waals surface area contributed by atoms with Gasteiger partial charge in [0.05, 0.1) is 0 Å². The Morgan fingerprint density at radius 2 is 1.94 bits per heavy atom. The third kappa shape index (κ3) is 5.06. The van der Waals surface area contributed by atoms with Crippen LogP contribution >= 0.6 is 27.5 Å². The summed E-state index contributed by atoms with van der Waals surface area (Å²) in [5, 5.41) is 2.27. The van der Waals surface area contributed by atoms with E-state index in [2.05, 4.69) is 21.2 Å². The van der Waals surface area contributed by atoms with Crippen molar-refractivity contribution in [2.75, 3.05) is 12.9 Å². The fourth-order valence-corrected chi connectivity index (χ4v) is 1.73. The van der Waals surface area contributed by atoms with E-state index in [4.69, 9.17) is 11.6 Å². The maximum Gasteiger partial charge on any atom is 0.324 e. The molecule has 6 heteroatoms. The highest BCUT2D eigenvalue weighted by Crippen LogP contribution is 2.11. The van der Waals surface area contributed by atoms with Gasteiger partial charge in [-0.1, -0.05) is 28.1 Å². The van der Waals surface area contributed by atoms with Gasteiger partial charge < -0.3 is 4.90 Å². The molecule has 0 unspecified atom stereocenters. The van der Waals surface area contributed by atoms with E-state index < -0.39 is 6.03 Å². The minimum absolute atomic E-state index is 0.138. The first kappa shape index (κ1) is 15.0. The van der Waals surface area contributed by atoms with E-state index in [1.165, 1.54) is 4.90 Å². The molecule has 1 aromatic rings. The number of hydrogen-bond donors (Lipinski definition) is 1. The lowest BCUT2D eigenvalue weighted by molar-refractivity contribution is -0.119. The van der Waals surface area contributed by atoms with Crippen molar-refractivity contribution >= 4 is 39.5 Å². The Kier molecular flexibility index (Phi) is 6.15. The number of alkyl halides is 1. The Morgan fingerprint density at radius 3 is 2.50 bits per heavy atom. The van der Waals surface area contributed by atoms with E-state index >= 15 is 0 Å². The van der Waals surface area contributed by atoms with Crippen LogP contribution in [0.25, 0.3) is 0 Å². The van der Waals surface area contributed by atoms with Gasteiger partial charge in [-0.3, -0.25) is 10.1 Å². The van der Waals surface area contributed by atoms with Crippen molar-refractivity contribution in [3.63, 3.8) is 0 Å². The molecular weight excluding hydrogens is 320 g/mol. The van der Waals surface area contributed by atoms with Crippen LogP contribution in [0.3, 0.4) is 0 Å². The van der Waals surface area contributed by atoms with Crippen LogP contribution in [-0.2, 0) is 11.3 Å². The van der Waals surface area contributed by atoms with Crippen LogP contribution in [0.5, 0.6) is 0 Å². The quantitative estimate of drug-likeness (QED) is 0.861. The second-order valence-electron chi connectivity index (χ2n) is 3.77. The molecule has 0 aromatic heterocycles. The summed E-state index contributed by atoms with van der Waals surface area (Å²) in [4.78, 5) is 24.3. The van der Waals surface area contributed by atoms with Crippen molar-refractivity contribution in [1.82, 2.24) is 10.2 Å². The van der Waals surface area contributed by atoms with Crippen LogP contribution in [-0.4, -0.2) is 29.8 Å². The number of halogens is 2. The number of nitrogens with one attached hydrogen (secondary N) is 1. The Labute approximate surface area is 119 Å². The van der Waals surface area contributed by atoms with Crippen molar-refractivity contribution in [2.24, 2.45) is 0 Å². The van der Waals surface area contributed by atoms with Crippen molar-refractivity contribution in [3.05, 3.63) is 34.3 Å². The van der Waals surface area contributed by atoms with Crippen LogP contribution < -0.4 is 5.32 Å². The zero-order chi connectivity index (χ0) is 13.5. The first-order chi connectivity index (χ1) is 8.52. The van der Waals surface area contributed by atoms with Crippen LogP contribution in [0.15, 0.2) is 28.7 Å². The zero-order valence-corrected chi connectivity index (χ0v) is 12.3. The molecule has 98 valence electrons. The molecule has 0 bridgehead atoms. The second-order valence-corrected chi connectivity index (χ2v) is 5.07. The fourth-order valence-electron chi connectivity index (χ4n) is 1.30. The monoisotopic (exact) mass is 332 g/mol. The lowest BCUT2D eigenvalue weighted by Crippen LogP contribution is -2.40. The highest BCUT2D eigenvalue weighted by atomic mass is 79.9. The maximum atomic E-state index is 11.6. The number of benzene rings is 1. The van der Waals surface area contributed by atoms with Gasteiger partial charge in [-0.25, -0.2) is 4.79 Å². The van der Waals surface area contributed by atoms with Gasteiger partial charge in [-0.15, -0.1) is 11.6 Å². The molecule has 1 aromatic carbocycles. The Hall–Kier alpha value is -1.07. The van der Waals surface area contributed by atoms with Gasteiger partial charge in [0.1, 0.15) is 0 Å². The number of carbonyl (C=O) groups is 2. The molecule has 4 nitrogen and oxygen atoms in total. The predicted octanol–water partition coefficient (Wildman–Crippen LogP) is 2.75. The molecule has 1 N–H and O–H groups in total. The molecule has 0 aliphatic rings. The summed E-state index contributed by atoms with van der Waals surface area (Å²) in [6, 6.07) is 7.20. The molecule has 0 fully saturated rings. The number of hydrogen-bond acceptors (Lipinski definition) is 2. The van der Waals surface area contributed by atoms with Crippen LogP contribution in [0.4, 0.5) is 4.79 Å². The summed E-state index contributed by atoms with van der Waals surface area (Å²) in [6.45, 7) is 0.438. The van der Waals surface area contributed by atoms with Gasteiger partial charge in [0.2, 0.25) is 5.91 Å². The topological polar surface area (TPSA) is 49.4 Å². The zero-order valence-electron chi connectivity index (χ0n) is 9.95. The third-order valence-corrected chi connectivity index (χ3v) is 2.97. The molecule has 0 saturated carbocycles. The van der Waals surface area contributed by atoms with Gasteiger partial charge in [0, 0.05) is 30.4 Å². The number of carbonyl (C=O) groups excluding carboxylic acids is 2. The lowest BCUT2D eigenvalue weighted by Gasteiger charge is -2.17. The molecule has 1 rings (SSSR count). The molecule has 3 amide bonds. The summed E-state index contributed by atoms with van der Waals surface area (Å²) < 4.78 is 0.982. The van der Waals surface area contributed by atoms with Crippen LogP contribution in [0.1, 0.15) is 12.0 Å². The Balaban J connectivity index is 2.49. The van der Waals surface area contributed by atoms with Crippen LogP contribution in [0.2, 0.25) is 0 Å². The van der Waals surface area contributed by atoms with E-state index in [-0.39, 0.29) is 18.2 Å². The van der Waals surface area contributed by atoms with Gasteiger partial charge in [-0.05, 0) is 17.7 Å². The highest BCUT2D eigenvalue weighted by Gasteiger charge is 2.12. The average Bonchev–Trinajstić information content (AvgIpc) is 2.32. The van der Waals surface area contributed by atoms with E-state index in [0.29, 0.717) is 6.54 Å². The van der Waals surface area contributed by atoms with E-state index in [1.807, 2.05) is 24.3 Å². The molecule has 0 radical (unpaired) electrons. The fraction of sp³-hybridized carbons (Fsp3) is 0.333. The van der Waals surface area contributed by atoms with E-state index in [0.717, 1.165) is 10.0 Å². The Bertz CT molecular complexity index is 423. The minimum Gasteiger partial charge on any atom is -0.323 e. The molecule has 18 heavy (non-hydrogen) atoms. The van der Waals surface area contributed by atoms with E-state index in [9.17, 15) is 9.59 Å². The molecule has 0 atom stereocenters. The summed E-state index contributed by atoms with van der Waals surface area (Å²) in [5.74, 6) is -0.159. The predicted molar refractivity (Wildman–Crippen MR) is 74.5 cm³/mol. The van der Waals surface area contributed by atoms with Gasteiger partial charge in [0.15, 0.2) is 0 Å². The molecular formula is C12H14BrClN2O2. The van der Waals surface area contributed by atoms with Gasteiger partial charge in [0.25, 0.3) is 0 Å². The highest BCUT2D eigenvalue weighted by molar-refractivity contribution is 9.10. The van der Waals surface area contributed by atoms with Crippen LogP contribution in [0, 0.1) is 0 Å².